The van der Waals surface area contributed by atoms with Crippen LogP contribution >= 0.6 is 34.8 Å². The molecular formula is C28H29Cl3N2O3. The highest BCUT2D eigenvalue weighted by molar-refractivity contribution is 6.36. The van der Waals surface area contributed by atoms with Crippen LogP contribution in [0, 0.1) is 6.92 Å². The molecule has 2 amide bonds. The fourth-order valence-electron chi connectivity index (χ4n) is 3.72. The van der Waals surface area contributed by atoms with Crippen LogP contribution in [0.2, 0.25) is 15.1 Å². The molecule has 5 nitrogen and oxygen atoms in total. The number of carbonyl (C=O) groups is 2. The minimum Gasteiger partial charge on any atom is -0.484 e. The highest BCUT2D eigenvalue weighted by Crippen LogP contribution is 2.27. The van der Waals surface area contributed by atoms with E-state index >= 15 is 0 Å². The Balaban J connectivity index is 1.96. The quantitative estimate of drug-likeness (QED) is 0.315. The second kappa shape index (κ2) is 13.0. The van der Waals surface area contributed by atoms with Crippen LogP contribution in [0.15, 0.2) is 66.7 Å². The van der Waals surface area contributed by atoms with Crippen molar-refractivity contribution in [3.63, 3.8) is 0 Å². The van der Waals surface area contributed by atoms with Crippen LogP contribution in [-0.4, -0.2) is 35.4 Å². The molecule has 0 fully saturated rings. The fourth-order valence-corrected chi connectivity index (χ4v) is 4.36. The molecule has 0 aliphatic carbocycles. The standard InChI is InChI=1S/C28H29Cl3N2O3/c1-18(2)32-28(35)26(15-20-8-5-4-6-9-20)33(16-22-24(30)10-7-11-25(22)31)27(34)17-36-21-12-13-23(29)19(3)14-21/h4-14,18,26H,15-17H2,1-3H3,(H,32,35). The number of ether oxygens (including phenoxy) is 1. The average Bonchev–Trinajstić information content (AvgIpc) is 2.83. The fraction of sp³-hybridized carbons (Fsp3) is 0.286. The maximum atomic E-state index is 13.6. The number of carbonyl (C=O) groups excluding carboxylic acids is 2. The van der Waals surface area contributed by atoms with Crippen molar-refractivity contribution in [3.05, 3.63) is 98.5 Å². The molecule has 0 saturated heterocycles. The first-order chi connectivity index (χ1) is 17.2. The molecule has 0 aliphatic rings. The van der Waals surface area contributed by atoms with Gasteiger partial charge in [0.1, 0.15) is 11.8 Å². The maximum Gasteiger partial charge on any atom is 0.261 e. The van der Waals surface area contributed by atoms with E-state index in [1.54, 1.807) is 36.4 Å². The molecule has 3 aromatic carbocycles. The van der Waals surface area contributed by atoms with Gasteiger partial charge in [0, 0.05) is 39.6 Å². The van der Waals surface area contributed by atoms with Gasteiger partial charge in [0.25, 0.3) is 5.91 Å². The Hall–Kier alpha value is -2.73. The smallest absolute Gasteiger partial charge is 0.261 e. The number of nitrogens with one attached hydrogen (secondary N) is 1. The number of benzene rings is 3. The van der Waals surface area contributed by atoms with Crippen LogP contribution < -0.4 is 10.1 Å². The number of aryl methyl sites for hydroxylation is 1. The van der Waals surface area contributed by atoms with Gasteiger partial charge in [0.2, 0.25) is 5.91 Å². The Bertz CT molecular complexity index is 1180. The molecule has 0 aliphatic heterocycles. The summed E-state index contributed by atoms with van der Waals surface area (Å²) in [5.41, 5.74) is 2.31. The number of halogens is 3. The van der Waals surface area contributed by atoms with Gasteiger partial charge in [-0.25, -0.2) is 0 Å². The SMILES string of the molecule is Cc1cc(OCC(=O)N(Cc2c(Cl)cccc2Cl)C(Cc2ccccc2)C(=O)NC(C)C)ccc1Cl. The molecule has 8 heteroatoms. The molecule has 0 aromatic heterocycles. The molecule has 3 aromatic rings. The third-order valence-electron chi connectivity index (χ3n) is 5.58. The summed E-state index contributed by atoms with van der Waals surface area (Å²) in [5.74, 6) is -0.140. The van der Waals surface area contributed by atoms with Crippen molar-refractivity contribution < 1.29 is 14.3 Å². The Kier molecular flexibility index (Phi) is 10.1. The topological polar surface area (TPSA) is 58.6 Å². The molecule has 0 radical (unpaired) electrons. The number of rotatable bonds is 10. The third-order valence-corrected chi connectivity index (χ3v) is 6.72. The summed E-state index contributed by atoms with van der Waals surface area (Å²) in [6.45, 7) is 5.38. The molecule has 36 heavy (non-hydrogen) atoms. The van der Waals surface area contributed by atoms with Crippen LogP contribution in [0.4, 0.5) is 0 Å². The van der Waals surface area contributed by atoms with E-state index < -0.39 is 6.04 Å². The first-order valence-corrected chi connectivity index (χ1v) is 12.7. The molecule has 1 N–H and O–H groups in total. The normalized spacial score (nSPS) is 11.8. The zero-order valence-corrected chi connectivity index (χ0v) is 22.7. The van der Waals surface area contributed by atoms with E-state index in [1.807, 2.05) is 51.1 Å². The Labute approximate surface area is 227 Å². The average molecular weight is 548 g/mol. The third kappa shape index (κ3) is 7.63. The first-order valence-electron chi connectivity index (χ1n) is 11.6. The van der Waals surface area contributed by atoms with E-state index in [0.29, 0.717) is 32.8 Å². The van der Waals surface area contributed by atoms with Gasteiger partial charge in [-0.05, 0) is 62.2 Å². The van der Waals surface area contributed by atoms with Crippen LogP contribution in [0.5, 0.6) is 5.75 Å². The van der Waals surface area contributed by atoms with Gasteiger partial charge in [0.15, 0.2) is 6.61 Å². The van der Waals surface area contributed by atoms with Gasteiger partial charge in [-0.3, -0.25) is 9.59 Å². The molecule has 190 valence electrons. The summed E-state index contributed by atoms with van der Waals surface area (Å²) in [6, 6.07) is 19.0. The highest BCUT2D eigenvalue weighted by atomic mass is 35.5. The molecule has 0 bridgehead atoms. The lowest BCUT2D eigenvalue weighted by Crippen LogP contribution is -2.52. The van der Waals surface area contributed by atoms with Crippen molar-refractivity contribution in [2.45, 2.75) is 45.8 Å². The molecular weight excluding hydrogens is 519 g/mol. The summed E-state index contributed by atoms with van der Waals surface area (Å²) in [4.78, 5) is 28.5. The number of hydrogen-bond acceptors (Lipinski definition) is 3. The molecule has 0 saturated carbocycles. The van der Waals surface area contributed by atoms with Crippen LogP contribution in [0.3, 0.4) is 0 Å². The molecule has 3 rings (SSSR count). The van der Waals surface area contributed by atoms with Gasteiger partial charge in [-0.2, -0.15) is 0 Å². The van der Waals surface area contributed by atoms with Crippen molar-refractivity contribution in [2.75, 3.05) is 6.61 Å². The van der Waals surface area contributed by atoms with Crippen LogP contribution in [0.25, 0.3) is 0 Å². The first kappa shape index (κ1) is 27.9. The van der Waals surface area contributed by atoms with E-state index in [1.165, 1.54) is 4.90 Å². The summed E-state index contributed by atoms with van der Waals surface area (Å²) >= 11 is 19.0. The monoisotopic (exact) mass is 546 g/mol. The summed E-state index contributed by atoms with van der Waals surface area (Å²) in [7, 11) is 0. The highest BCUT2D eigenvalue weighted by Gasteiger charge is 2.32. The van der Waals surface area contributed by atoms with Gasteiger partial charge in [-0.1, -0.05) is 71.2 Å². The van der Waals surface area contributed by atoms with Crippen molar-refractivity contribution >= 4 is 46.6 Å². The van der Waals surface area contributed by atoms with E-state index in [0.717, 1.165) is 11.1 Å². The Morgan fingerprint density at radius 3 is 2.19 bits per heavy atom. The van der Waals surface area contributed by atoms with E-state index in [2.05, 4.69) is 5.32 Å². The second-order valence-corrected chi connectivity index (χ2v) is 10.0. The molecule has 1 atom stereocenters. The van der Waals surface area contributed by atoms with Gasteiger partial charge >= 0.3 is 0 Å². The summed E-state index contributed by atoms with van der Waals surface area (Å²) in [6.07, 6.45) is 0.313. The van der Waals surface area contributed by atoms with Gasteiger partial charge in [-0.15, -0.1) is 0 Å². The van der Waals surface area contributed by atoms with Gasteiger partial charge < -0.3 is 15.0 Å². The zero-order chi connectivity index (χ0) is 26.2. The summed E-state index contributed by atoms with van der Waals surface area (Å²) < 4.78 is 5.80. The Morgan fingerprint density at radius 1 is 0.917 bits per heavy atom. The minimum absolute atomic E-state index is 0.0450. The lowest BCUT2D eigenvalue weighted by atomic mass is 10.0. The van der Waals surface area contributed by atoms with Crippen molar-refractivity contribution in [1.29, 1.82) is 0 Å². The number of hydrogen-bond donors (Lipinski definition) is 1. The predicted octanol–water partition coefficient (Wildman–Crippen LogP) is 6.50. The van der Waals surface area contributed by atoms with Crippen molar-refractivity contribution in [3.8, 4) is 5.75 Å². The molecule has 0 spiro atoms. The second-order valence-electron chi connectivity index (χ2n) is 8.79. The van der Waals surface area contributed by atoms with E-state index in [9.17, 15) is 9.59 Å². The number of nitrogens with zero attached hydrogens (tertiary/aromatic N) is 1. The minimum atomic E-state index is -0.815. The van der Waals surface area contributed by atoms with E-state index in [-0.39, 0.29) is 31.0 Å². The molecule has 1 unspecified atom stereocenters. The van der Waals surface area contributed by atoms with Gasteiger partial charge in [0.05, 0.1) is 0 Å². The molecule has 0 heterocycles. The van der Waals surface area contributed by atoms with Crippen molar-refractivity contribution in [1.82, 2.24) is 10.2 Å². The lowest BCUT2D eigenvalue weighted by molar-refractivity contribution is -0.143. The summed E-state index contributed by atoms with van der Waals surface area (Å²) in [5, 5.41) is 4.38. The van der Waals surface area contributed by atoms with Crippen LogP contribution in [0.1, 0.15) is 30.5 Å². The van der Waals surface area contributed by atoms with Crippen LogP contribution in [-0.2, 0) is 22.6 Å². The zero-order valence-electron chi connectivity index (χ0n) is 20.4. The predicted molar refractivity (Wildman–Crippen MR) is 146 cm³/mol. The largest absolute Gasteiger partial charge is 0.484 e. The maximum absolute atomic E-state index is 13.6. The van der Waals surface area contributed by atoms with E-state index in [4.69, 9.17) is 39.5 Å². The number of amides is 2. The Morgan fingerprint density at radius 2 is 1.58 bits per heavy atom. The lowest BCUT2D eigenvalue weighted by Gasteiger charge is -2.32. The van der Waals surface area contributed by atoms with Crippen molar-refractivity contribution in [2.24, 2.45) is 0 Å².